The first-order valence-corrected chi connectivity index (χ1v) is 11.7. The first kappa shape index (κ1) is 23.4. The van der Waals surface area contributed by atoms with Gasteiger partial charge < -0.3 is 5.32 Å². The van der Waals surface area contributed by atoms with Crippen molar-refractivity contribution < 1.29 is 18.0 Å². The zero-order valence-corrected chi connectivity index (χ0v) is 18.7. The number of piperazine rings is 1. The molecule has 1 amide bonds. The van der Waals surface area contributed by atoms with Gasteiger partial charge in [0.2, 0.25) is 5.92 Å². The molecule has 2 fully saturated rings. The number of nitrogens with one attached hydrogen (secondary N) is 1. The highest BCUT2D eigenvalue weighted by atomic mass is 32.2. The fraction of sp³-hybridized carbons (Fsp3) is 0.682. The quantitative estimate of drug-likeness (QED) is 0.630. The third-order valence-electron chi connectivity index (χ3n) is 6.31. The molecule has 1 aromatic rings. The van der Waals surface area contributed by atoms with Crippen LogP contribution in [0.1, 0.15) is 54.9 Å². The Balaban J connectivity index is 1.67. The van der Waals surface area contributed by atoms with Gasteiger partial charge in [-0.2, -0.15) is 0 Å². The molecule has 0 aromatic heterocycles. The average molecular weight is 444 g/mol. The molecule has 1 N–H and O–H groups in total. The van der Waals surface area contributed by atoms with Gasteiger partial charge in [0.05, 0.1) is 0 Å². The number of alkyl halides is 2. The lowest BCUT2D eigenvalue weighted by atomic mass is 9.78. The topological polar surface area (TPSA) is 35.6 Å². The van der Waals surface area contributed by atoms with Crippen LogP contribution in [0, 0.1) is 12.7 Å². The zero-order chi connectivity index (χ0) is 21.8. The van der Waals surface area contributed by atoms with E-state index in [0.717, 1.165) is 38.4 Å². The van der Waals surface area contributed by atoms with Crippen LogP contribution >= 0.6 is 11.9 Å². The number of aryl methyl sites for hydroxylation is 1. The minimum absolute atomic E-state index is 0.150. The summed E-state index contributed by atoms with van der Waals surface area (Å²) in [4.78, 5) is 15.0. The summed E-state index contributed by atoms with van der Waals surface area (Å²) in [7, 11) is 0. The summed E-state index contributed by atoms with van der Waals surface area (Å²) in [5, 5.41) is 2.97. The van der Waals surface area contributed by atoms with E-state index >= 15 is 0 Å². The molecule has 0 radical (unpaired) electrons. The number of hydrogen-bond donors (Lipinski definition) is 1. The van der Waals surface area contributed by atoms with Crippen LogP contribution in [0.5, 0.6) is 0 Å². The Morgan fingerprint density at radius 2 is 1.80 bits per heavy atom. The zero-order valence-electron chi connectivity index (χ0n) is 17.9. The average Bonchev–Trinajstić information content (AvgIpc) is 2.72. The number of amides is 1. The van der Waals surface area contributed by atoms with E-state index in [9.17, 15) is 18.0 Å². The number of halogens is 3. The molecule has 8 heteroatoms. The lowest BCUT2D eigenvalue weighted by Gasteiger charge is -2.50. The summed E-state index contributed by atoms with van der Waals surface area (Å²) in [6.07, 6.45) is 1.56. The van der Waals surface area contributed by atoms with E-state index in [4.69, 9.17) is 0 Å². The van der Waals surface area contributed by atoms with Crippen molar-refractivity contribution in [3.05, 3.63) is 35.1 Å². The molecule has 1 heterocycles. The van der Waals surface area contributed by atoms with E-state index in [1.807, 2.05) is 11.9 Å². The SMILES string of the molecule is CCCSN1CCN(C2(CNC(=O)c3ccc(F)cc3C)CCC(F)(F)CC2)CC1. The molecule has 1 aromatic carbocycles. The predicted molar refractivity (Wildman–Crippen MR) is 116 cm³/mol. The maximum absolute atomic E-state index is 13.9. The molecule has 0 spiro atoms. The van der Waals surface area contributed by atoms with Crippen molar-refractivity contribution >= 4 is 17.9 Å². The molecular formula is C22H32F3N3OS. The molecule has 30 heavy (non-hydrogen) atoms. The number of carbonyl (C=O) groups excluding carboxylic acids is 1. The van der Waals surface area contributed by atoms with Crippen molar-refractivity contribution in [1.29, 1.82) is 0 Å². The molecule has 0 unspecified atom stereocenters. The van der Waals surface area contributed by atoms with Gasteiger partial charge in [-0.1, -0.05) is 18.9 Å². The van der Waals surface area contributed by atoms with Gasteiger partial charge in [0.1, 0.15) is 5.82 Å². The highest BCUT2D eigenvalue weighted by molar-refractivity contribution is 7.97. The Hall–Kier alpha value is -1.25. The third kappa shape index (κ3) is 5.71. The maximum atomic E-state index is 13.9. The number of rotatable bonds is 7. The molecule has 0 atom stereocenters. The van der Waals surface area contributed by atoms with Crippen LogP contribution in [0.15, 0.2) is 18.2 Å². The van der Waals surface area contributed by atoms with Gasteiger partial charge in [0.25, 0.3) is 5.91 Å². The third-order valence-corrected chi connectivity index (χ3v) is 7.63. The fourth-order valence-electron chi connectivity index (χ4n) is 4.42. The summed E-state index contributed by atoms with van der Waals surface area (Å²) in [6, 6.07) is 4.08. The lowest BCUT2D eigenvalue weighted by molar-refractivity contribution is -0.0854. The van der Waals surface area contributed by atoms with Crippen LogP contribution in [-0.4, -0.2) is 65.1 Å². The highest BCUT2D eigenvalue weighted by Gasteiger charge is 2.47. The highest BCUT2D eigenvalue weighted by Crippen LogP contribution is 2.42. The van der Waals surface area contributed by atoms with Gasteiger partial charge in [-0.25, -0.2) is 17.5 Å². The Morgan fingerprint density at radius 1 is 1.13 bits per heavy atom. The van der Waals surface area contributed by atoms with Crippen LogP contribution < -0.4 is 5.32 Å². The second-order valence-electron chi connectivity index (χ2n) is 8.47. The predicted octanol–water partition coefficient (Wildman–Crippen LogP) is 4.49. The van der Waals surface area contributed by atoms with Gasteiger partial charge in [-0.15, -0.1) is 0 Å². The molecule has 0 bridgehead atoms. The second kappa shape index (κ2) is 9.92. The number of benzene rings is 1. The van der Waals surface area contributed by atoms with Gasteiger partial charge >= 0.3 is 0 Å². The van der Waals surface area contributed by atoms with Crippen molar-refractivity contribution in [3.63, 3.8) is 0 Å². The molecular weight excluding hydrogens is 411 g/mol. The van der Waals surface area contributed by atoms with E-state index in [2.05, 4.69) is 21.4 Å². The van der Waals surface area contributed by atoms with E-state index in [1.54, 1.807) is 6.92 Å². The van der Waals surface area contributed by atoms with E-state index in [1.165, 1.54) is 18.2 Å². The smallest absolute Gasteiger partial charge is 0.251 e. The fourth-order valence-corrected chi connectivity index (χ4v) is 5.28. The van der Waals surface area contributed by atoms with Crippen molar-refractivity contribution in [2.75, 3.05) is 38.5 Å². The second-order valence-corrected chi connectivity index (χ2v) is 9.65. The standard InChI is InChI=1S/C22H32F3N3OS/c1-3-14-30-28-12-10-27(11-13-28)21(6-8-22(24,25)9-7-21)16-26-20(29)19-5-4-18(23)15-17(19)2/h4-5,15H,3,6-14,16H2,1-2H3,(H,26,29). The molecule has 1 saturated carbocycles. The van der Waals surface area contributed by atoms with Crippen LogP contribution in [0.2, 0.25) is 0 Å². The van der Waals surface area contributed by atoms with Gasteiger partial charge in [-0.05, 0) is 49.9 Å². The van der Waals surface area contributed by atoms with Gasteiger partial charge in [0.15, 0.2) is 0 Å². The monoisotopic (exact) mass is 443 g/mol. The van der Waals surface area contributed by atoms with Crippen molar-refractivity contribution in [1.82, 2.24) is 14.5 Å². The normalized spacial score (nSPS) is 22.0. The molecule has 1 aliphatic carbocycles. The van der Waals surface area contributed by atoms with Gasteiger partial charge in [0, 0.05) is 62.4 Å². The van der Waals surface area contributed by atoms with E-state index in [0.29, 0.717) is 30.5 Å². The Bertz CT molecular complexity index is 728. The summed E-state index contributed by atoms with van der Waals surface area (Å²) < 4.78 is 43.5. The summed E-state index contributed by atoms with van der Waals surface area (Å²) in [5.41, 5.74) is 0.541. The molecule has 1 saturated heterocycles. The largest absolute Gasteiger partial charge is 0.350 e. The Kier molecular flexibility index (Phi) is 7.74. The van der Waals surface area contributed by atoms with Crippen LogP contribution in [0.25, 0.3) is 0 Å². The molecule has 4 nitrogen and oxygen atoms in total. The molecule has 3 rings (SSSR count). The molecule has 168 valence electrons. The summed E-state index contributed by atoms with van der Waals surface area (Å²) >= 11 is 1.85. The Labute approximate surface area is 181 Å². The first-order chi connectivity index (χ1) is 14.2. The van der Waals surface area contributed by atoms with Crippen molar-refractivity contribution in [2.24, 2.45) is 0 Å². The van der Waals surface area contributed by atoms with E-state index < -0.39 is 11.5 Å². The summed E-state index contributed by atoms with van der Waals surface area (Å²) in [5.74, 6) is -2.19. The minimum atomic E-state index is -2.63. The van der Waals surface area contributed by atoms with Gasteiger partial charge in [-0.3, -0.25) is 9.69 Å². The maximum Gasteiger partial charge on any atom is 0.251 e. The number of carbonyl (C=O) groups is 1. The molecule has 2 aliphatic rings. The number of nitrogens with zero attached hydrogens (tertiary/aromatic N) is 2. The van der Waals surface area contributed by atoms with Crippen LogP contribution in [0.3, 0.4) is 0 Å². The van der Waals surface area contributed by atoms with Crippen molar-refractivity contribution in [2.45, 2.75) is 57.4 Å². The van der Waals surface area contributed by atoms with Crippen LogP contribution in [0.4, 0.5) is 13.2 Å². The lowest BCUT2D eigenvalue weighted by Crippen LogP contribution is -2.62. The van der Waals surface area contributed by atoms with E-state index in [-0.39, 0.29) is 24.6 Å². The Morgan fingerprint density at radius 3 is 2.40 bits per heavy atom. The number of hydrogen-bond acceptors (Lipinski definition) is 4. The van der Waals surface area contributed by atoms with Crippen LogP contribution in [-0.2, 0) is 0 Å². The summed E-state index contributed by atoms with van der Waals surface area (Å²) in [6.45, 7) is 7.61. The first-order valence-electron chi connectivity index (χ1n) is 10.8. The minimum Gasteiger partial charge on any atom is -0.350 e. The van der Waals surface area contributed by atoms with Crippen molar-refractivity contribution in [3.8, 4) is 0 Å². The molecule has 1 aliphatic heterocycles.